The topological polar surface area (TPSA) is 23.8 Å². The van der Waals surface area contributed by atoms with E-state index in [1.54, 1.807) is 0 Å². The van der Waals surface area contributed by atoms with Crippen molar-refractivity contribution in [3.05, 3.63) is 12.2 Å². The maximum atomic E-state index is 9.01. The van der Waals surface area contributed by atoms with Gasteiger partial charge >= 0.3 is 0 Å². The molecule has 0 unspecified atom stereocenters. The van der Waals surface area contributed by atoms with Crippen LogP contribution in [-0.4, -0.2) is 30.7 Å². The van der Waals surface area contributed by atoms with Gasteiger partial charge in [-0.25, -0.2) is 0 Å². The highest BCUT2D eigenvalue weighted by atomic mass is 15.3. The van der Waals surface area contributed by atoms with Crippen molar-refractivity contribution in [1.82, 2.24) is 0 Å². The van der Waals surface area contributed by atoms with Crippen molar-refractivity contribution in [2.45, 2.75) is 59.3 Å². The van der Waals surface area contributed by atoms with E-state index in [1.807, 2.05) is 0 Å². The van der Waals surface area contributed by atoms with Crippen molar-refractivity contribution in [3.63, 3.8) is 0 Å². The second-order valence-corrected chi connectivity index (χ2v) is 5.45. The van der Waals surface area contributed by atoms with E-state index in [1.165, 1.54) is 58.2 Å². The van der Waals surface area contributed by atoms with Gasteiger partial charge in [-0.2, -0.15) is 5.26 Å². The molecule has 0 aliphatic carbocycles. The van der Waals surface area contributed by atoms with Crippen LogP contribution in [0, 0.1) is 11.3 Å². The fourth-order valence-corrected chi connectivity index (χ4v) is 2.49. The number of nitrogens with zero attached hydrogens (tertiary/aromatic N) is 2. The van der Waals surface area contributed by atoms with Gasteiger partial charge in [0, 0.05) is 0 Å². The van der Waals surface area contributed by atoms with Crippen LogP contribution in [0.15, 0.2) is 12.2 Å². The SMILES string of the molecule is C=C(C#N)C[N+](CCCC)(CCCC)CCCC. The first-order valence-corrected chi connectivity index (χ1v) is 7.57. The molecule has 0 saturated carbocycles. The minimum Gasteiger partial charge on any atom is -0.319 e. The highest BCUT2D eigenvalue weighted by Crippen LogP contribution is 2.17. The summed E-state index contributed by atoms with van der Waals surface area (Å²) in [6.45, 7) is 15.1. The lowest BCUT2D eigenvalue weighted by atomic mass is 10.1. The van der Waals surface area contributed by atoms with E-state index in [2.05, 4.69) is 33.4 Å². The average Bonchev–Trinajstić information content (AvgIpc) is 2.40. The van der Waals surface area contributed by atoms with Crippen LogP contribution in [0.5, 0.6) is 0 Å². The molecule has 104 valence electrons. The molecule has 2 heteroatoms. The lowest BCUT2D eigenvalue weighted by Gasteiger charge is -2.39. The maximum absolute atomic E-state index is 9.01. The Morgan fingerprint density at radius 2 is 1.33 bits per heavy atom. The van der Waals surface area contributed by atoms with Gasteiger partial charge in [0.05, 0.1) is 31.3 Å². The molecule has 0 fully saturated rings. The van der Waals surface area contributed by atoms with Gasteiger partial charge in [0.1, 0.15) is 6.54 Å². The fourth-order valence-electron chi connectivity index (χ4n) is 2.49. The largest absolute Gasteiger partial charge is 0.319 e. The van der Waals surface area contributed by atoms with E-state index in [4.69, 9.17) is 5.26 Å². The first kappa shape index (κ1) is 17.2. The Morgan fingerprint density at radius 1 is 0.944 bits per heavy atom. The molecule has 0 N–H and O–H groups in total. The van der Waals surface area contributed by atoms with E-state index in [0.717, 1.165) is 16.6 Å². The number of nitriles is 1. The smallest absolute Gasteiger partial charge is 0.114 e. The summed E-state index contributed by atoms with van der Waals surface area (Å²) in [5.41, 5.74) is 0.748. The highest BCUT2D eigenvalue weighted by Gasteiger charge is 2.26. The lowest BCUT2D eigenvalue weighted by Crippen LogP contribution is -2.51. The van der Waals surface area contributed by atoms with E-state index in [9.17, 15) is 0 Å². The summed E-state index contributed by atoms with van der Waals surface area (Å²) in [5.74, 6) is 0. The number of quaternary nitrogens is 1. The summed E-state index contributed by atoms with van der Waals surface area (Å²) in [6, 6.07) is 2.24. The minimum atomic E-state index is 0.748. The number of unbranched alkanes of at least 4 members (excludes halogenated alkanes) is 3. The predicted molar refractivity (Wildman–Crippen MR) is 79.2 cm³/mol. The van der Waals surface area contributed by atoms with E-state index in [-0.39, 0.29) is 0 Å². The van der Waals surface area contributed by atoms with Gasteiger partial charge in [-0.3, -0.25) is 0 Å². The molecule has 0 aromatic carbocycles. The zero-order valence-corrected chi connectivity index (χ0v) is 12.7. The van der Waals surface area contributed by atoms with Crippen LogP contribution in [0.3, 0.4) is 0 Å². The zero-order chi connectivity index (χ0) is 13.9. The Labute approximate surface area is 114 Å². The van der Waals surface area contributed by atoms with Gasteiger partial charge in [0.25, 0.3) is 0 Å². The monoisotopic (exact) mass is 251 g/mol. The van der Waals surface area contributed by atoms with Gasteiger partial charge in [-0.15, -0.1) is 0 Å². The summed E-state index contributed by atoms with van der Waals surface area (Å²) < 4.78 is 1.09. The van der Waals surface area contributed by atoms with Crippen LogP contribution >= 0.6 is 0 Å². The van der Waals surface area contributed by atoms with Crippen LogP contribution in [0.2, 0.25) is 0 Å². The molecule has 2 nitrogen and oxygen atoms in total. The Bertz CT molecular complexity index is 241. The van der Waals surface area contributed by atoms with E-state index >= 15 is 0 Å². The van der Waals surface area contributed by atoms with Crippen molar-refractivity contribution >= 4 is 0 Å². The third-order valence-corrected chi connectivity index (χ3v) is 3.64. The number of hydrogen-bond donors (Lipinski definition) is 0. The molecule has 0 heterocycles. The highest BCUT2D eigenvalue weighted by molar-refractivity contribution is 5.15. The van der Waals surface area contributed by atoms with Gasteiger partial charge in [0.2, 0.25) is 0 Å². The Kier molecular flexibility index (Phi) is 9.69. The molecule has 0 aliphatic heterocycles. The molecule has 0 spiro atoms. The average molecular weight is 251 g/mol. The number of rotatable bonds is 11. The summed E-state index contributed by atoms with van der Waals surface area (Å²) >= 11 is 0. The molecule has 0 atom stereocenters. The van der Waals surface area contributed by atoms with Gasteiger partial charge < -0.3 is 4.48 Å². The molecule has 18 heavy (non-hydrogen) atoms. The molecule has 0 amide bonds. The molecule has 0 bridgehead atoms. The van der Waals surface area contributed by atoms with Crippen molar-refractivity contribution in [2.75, 3.05) is 26.2 Å². The molecule has 0 rings (SSSR count). The van der Waals surface area contributed by atoms with Crippen molar-refractivity contribution in [2.24, 2.45) is 0 Å². The first-order valence-electron chi connectivity index (χ1n) is 7.57. The molecule has 0 radical (unpaired) electrons. The van der Waals surface area contributed by atoms with E-state index in [0.29, 0.717) is 0 Å². The van der Waals surface area contributed by atoms with Crippen molar-refractivity contribution in [3.8, 4) is 6.07 Å². The summed E-state index contributed by atoms with van der Waals surface area (Å²) in [4.78, 5) is 0. The summed E-state index contributed by atoms with van der Waals surface area (Å²) in [5, 5.41) is 9.01. The van der Waals surface area contributed by atoms with Crippen molar-refractivity contribution in [1.29, 1.82) is 5.26 Å². The van der Waals surface area contributed by atoms with Gasteiger partial charge in [-0.05, 0) is 19.3 Å². The molecular formula is C16H31N2+. The van der Waals surface area contributed by atoms with Gasteiger partial charge in [-0.1, -0.05) is 46.6 Å². The fraction of sp³-hybridized carbons (Fsp3) is 0.812. The maximum Gasteiger partial charge on any atom is 0.114 e. The Balaban J connectivity index is 4.73. The van der Waals surface area contributed by atoms with Crippen LogP contribution in [0.4, 0.5) is 0 Å². The quantitative estimate of drug-likeness (QED) is 0.397. The predicted octanol–water partition coefficient (Wildman–Crippen LogP) is 4.28. The number of hydrogen-bond acceptors (Lipinski definition) is 1. The van der Waals surface area contributed by atoms with E-state index < -0.39 is 0 Å². The summed E-state index contributed by atoms with van der Waals surface area (Å²) in [7, 11) is 0. The van der Waals surface area contributed by atoms with Crippen LogP contribution in [0.25, 0.3) is 0 Å². The molecular weight excluding hydrogens is 220 g/mol. The third kappa shape index (κ3) is 6.81. The van der Waals surface area contributed by atoms with Crippen LogP contribution < -0.4 is 0 Å². The van der Waals surface area contributed by atoms with Gasteiger partial charge in [0.15, 0.2) is 0 Å². The van der Waals surface area contributed by atoms with Crippen LogP contribution in [0.1, 0.15) is 59.3 Å². The minimum absolute atomic E-state index is 0.748. The molecule has 0 aliphatic rings. The molecule has 0 aromatic heterocycles. The zero-order valence-electron chi connectivity index (χ0n) is 12.7. The van der Waals surface area contributed by atoms with Crippen molar-refractivity contribution < 1.29 is 4.48 Å². The Hall–Kier alpha value is -0.810. The second-order valence-electron chi connectivity index (χ2n) is 5.45. The normalized spacial score (nSPS) is 11.2. The molecule has 0 saturated heterocycles. The Morgan fingerprint density at radius 3 is 1.61 bits per heavy atom. The summed E-state index contributed by atoms with van der Waals surface area (Å²) in [6.07, 6.45) is 7.47. The lowest BCUT2D eigenvalue weighted by molar-refractivity contribution is -0.924. The third-order valence-electron chi connectivity index (χ3n) is 3.64. The standard InChI is InChI=1S/C16H31N2/c1-5-8-11-18(12-9-6-2,13-10-7-3)15-16(4)14-17/h4-13,15H2,1-3H3/q+1. The first-order chi connectivity index (χ1) is 8.64. The second kappa shape index (κ2) is 10.1. The van der Waals surface area contributed by atoms with Crippen LogP contribution in [-0.2, 0) is 0 Å². The molecule has 0 aromatic rings.